The number of nitrogens with zero attached hydrogens (tertiary/aromatic N) is 2. The van der Waals surface area contributed by atoms with Crippen LogP contribution in [0.5, 0.6) is 0 Å². The van der Waals surface area contributed by atoms with Crippen molar-refractivity contribution in [1.29, 1.82) is 0 Å². The second kappa shape index (κ2) is 10.5. The molecule has 1 aliphatic heterocycles. The standard InChI is InChI=1S/C23H26ClN3OS3/c1-2-7-27-15-20(22(30)25-13-16-3-5-17(24)6-4-16)21(29)19-12-18(31-23(19)27)14-26-8-10-28-11-9-26/h3-6,12,15H,2,7-11,13-14H2,1H3,(H,25,30). The second-order valence-electron chi connectivity index (χ2n) is 7.69. The number of fused-ring (bicyclic) bond motifs is 1. The maximum absolute atomic E-state index is 5.99. The number of hydrogen-bond acceptors (Lipinski definition) is 5. The number of thiocarbonyl (C=S) groups is 1. The van der Waals surface area contributed by atoms with Gasteiger partial charge in [-0.2, -0.15) is 0 Å². The molecule has 3 heterocycles. The first kappa shape index (κ1) is 22.8. The van der Waals surface area contributed by atoms with Gasteiger partial charge in [-0.1, -0.05) is 55.1 Å². The van der Waals surface area contributed by atoms with Gasteiger partial charge in [0.15, 0.2) is 0 Å². The van der Waals surface area contributed by atoms with Gasteiger partial charge in [0, 0.05) is 59.8 Å². The van der Waals surface area contributed by atoms with Crippen LogP contribution in [0.4, 0.5) is 0 Å². The third-order valence-electron chi connectivity index (χ3n) is 5.36. The van der Waals surface area contributed by atoms with Crippen LogP contribution in [0, 0.1) is 4.51 Å². The van der Waals surface area contributed by atoms with Crippen LogP contribution in [0.25, 0.3) is 10.2 Å². The molecule has 31 heavy (non-hydrogen) atoms. The SMILES string of the molecule is CCCn1cc(C(=S)NCc2ccc(Cl)cc2)c(=S)c2cc(CN3CCOCC3)sc21. The topological polar surface area (TPSA) is 29.4 Å². The van der Waals surface area contributed by atoms with Crippen LogP contribution in [-0.4, -0.2) is 40.8 Å². The summed E-state index contributed by atoms with van der Waals surface area (Å²) in [7, 11) is 0. The predicted octanol–water partition coefficient (Wildman–Crippen LogP) is 5.79. The molecule has 0 atom stereocenters. The molecule has 1 fully saturated rings. The molecule has 0 radical (unpaired) electrons. The van der Waals surface area contributed by atoms with Crippen LogP contribution < -0.4 is 5.32 Å². The van der Waals surface area contributed by atoms with Crippen molar-refractivity contribution in [2.75, 3.05) is 26.3 Å². The molecule has 3 aromatic rings. The quantitative estimate of drug-likeness (QED) is 0.422. The number of aryl methyl sites for hydroxylation is 1. The Labute approximate surface area is 202 Å². The molecule has 1 aromatic carbocycles. The maximum atomic E-state index is 5.99. The van der Waals surface area contributed by atoms with Crippen LogP contribution in [0.1, 0.15) is 29.3 Å². The Bertz CT molecular complexity index is 1120. The van der Waals surface area contributed by atoms with Crippen LogP contribution in [-0.2, 0) is 24.4 Å². The molecule has 1 aliphatic rings. The van der Waals surface area contributed by atoms with Crippen LogP contribution in [0.3, 0.4) is 0 Å². The molecule has 4 rings (SSSR count). The largest absolute Gasteiger partial charge is 0.379 e. The van der Waals surface area contributed by atoms with Gasteiger partial charge in [-0.3, -0.25) is 4.90 Å². The Hall–Kier alpha value is -1.35. The monoisotopic (exact) mass is 491 g/mol. The van der Waals surface area contributed by atoms with Crippen molar-refractivity contribution in [2.24, 2.45) is 0 Å². The Kier molecular flexibility index (Phi) is 7.74. The molecule has 0 amide bonds. The van der Waals surface area contributed by atoms with Crippen molar-refractivity contribution in [3.63, 3.8) is 0 Å². The number of rotatable bonds is 7. The van der Waals surface area contributed by atoms with E-state index in [1.165, 1.54) is 9.71 Å². The Balaban J connectivity index is 1.60. The van der Waals surface area contributed by atoms with Crippen LogP contribution in [0.2, 0.25) is 5.02 Å². The van der Waals surface area contributed by atoms with E-state index < -0.39 is 0 Å². The van der Waals surface area contributed by atoms with Gasteiger partial charge >= 0.3 is 0 Å². The average molecular weight is 492 g/mol. The number of halogens is 1. The van der Waals surface area contributed by atoms with E-state index in [2.05, 4.69) is 34.0 Å². The zero-order valence-corrected chi connectivity index (χ0v) is 20.7. The summed E-state index contributed by atoms with van der Waals surface area (Å²) >= 11 is 19.5. The van der Waals surface area contributed by atoms with Crippen molar-refractivity contribution in [3.8, 4) is 0 Å². The molecule has 4 nitrogen and oxygen atoms in total. The lowest BCUT2D eigenvalue weighted by atomic mass is 10.2. The van der Waals surface area contributed by atoms with Crippen molar-refractivity contribution < 1.29 is 4.74 Å². The summed E-state index contributed by atoms with van der Waals surface area (Å²) in [5.41, 5.74) is 2.05. The van der Waals surface area contributed by atoms with Gasteiger partial charge in [-0.15, -0.1) is 11.3 Å². The second-order valence-corrected chi connectivity index (χ2v) is 10.1. The summed E-state index contributed by atoms with van der Waals surface area (Å²) in [6.07, 6.45) is 3.18. The predicted molar refractivity (Wildman–Crippen MR) is 137 cm³/mol. The summed E-state index contributed by atoms with van der Waals surface area (Å²) in [4.78, 5) is 5.71. The fourth-order valence-electron chi connectivity index (χ4n) is 3.73. The zero-order chi connectivity index (χ0) is 21.8. The first-order chi connectivity index (χ1) is 15.0. The molecular formula is C23H26ClN3OS3. The molecule has 0 spiro atoms. The lowest BCUT2D eigenvalue weighted by Gasteiger charge is -2.25. The molecule has 1 N–H and O–H groups in total. The third-order valence-corrected chi connectivity index (χ3v) is 7.57. The lowest BCUT2D eigenvalue weighted by molar-refractivity contribution is 0.0346. The van der Waals surface area contributed by atoms with E-state index >= 15 is 0 Å². The zero-order valence-electron chi connectivity index (χ0n) is 17.5. The van der Waals surface area contributed by atoms with Crippen molar-refractivity contribution in [1.82, 2.24) is 14.8 Å². The number of hydrogen-bond donors (Lipinski definition) is 1. The molecule has 0 bridgehead atoms. The number of aromatic nitrogens is 1. The molecular weight excluding hydrogens is 466 g/mol. The minimum atomic E-state index is 0.641. The minimum absolute atomic E-state index is 0.641. The highest BCUT2D eigenvalue weighted by Gasteiger charge is 2.16. The van der Waals surface area contributed by atoms with E-state index in [9.17, 15) is 0 Å². The Morgan fingerprint density at radius 3 is 2.68 bits per heavy atom. The van der Waals surface area contributed by atoms with Gasteiger partial charge in [0.2, 0.25) is 0 Å². The number of benzene rings is 1. The van der Waals surface area contributed by atoms with Crippen LogP contribution >= 0.6 is 47.4 Å². The molecule has 0 unspecified atom stereocenters. The Morgan fingerprint density at radius 1 is 1.23 bits per heavy atom. The summed E-state index contributed by atoms with van der Waals surface area (Å²) < 4.78 is 8.63. The first-order valence-electron chi connectivity index (χ1n) is 10.5. The van der Waals surface area contributed by atoms with Gasteiger partial charge in [-0.25, -0.2) is 0 Å². The highest BCUT2D eigenvalue weighted by molar-refractivity contribution is 7.80. The van der Waals surface area contributed by atoms with Crippen molar-refractivity contribution in [2.45, 2.75) is 33.0 Å². The van der Waals surface area contributed by atoms with E-state index in [0.29, 0.717) is 11.5 Å². The molecule has 2 aromatic heterocycles. The van der Waals surface area contributed by atoms with E-state index in [0.717, 1.165) is 71.9 Å². The van der Waals surface area contributed by atoms with Gasteiger partial charge < -0.3 is 14.6 Å². The summed E-state index contributed by atoms with van der Waals surface area (Å²) in [5.74, 6) is 0. The van der Waals surface area contributed by atoms with Gasteiger partial charge in [0.25, 0.3) is 0 Å². The summed E-state index contributed by atoms with van der Waals surface area (Å²) in [5, 5.41) is 5.23. The van der Waals surface area contributed by atoms with Crippen molar-refractivity contribution in [3.05, 3.63) is 62.1 Å². The summed E-state index contributed by atoms with van der Waals surface area (Å²) in [6.45, 7) is 8.30. The van der Waals surface area contributed by atoms with Crippen LogP contribution in [0.15, 0.2) is 36.5 Å². The van der Waals surface area contributed by atoms with Gasteiger partial charge in [0.05, 0.1) is 17.7 Å². The summed E-state index contributed by atoms with van der Waals surface area (Å²) in [6, 6.07) is 10.0. The first-order valence-corrected chi connectivity index (χ1v) is 12.5. The Morgan fingerprint density at radius 2 is 1.97 bits per heavy atom. The normalized spacial score (nSPS) is 14.8. The van der Waals surface area contributed by atoms with E-state index in [4.69, 9.17) is 40.8 Å². The van der Waals surface area contributed by atoms with E-state index in [-0.39, 0.29) is 0 Å². The molecule has 1 saturated heterocycles. The van der Waals surface area contributed by atoms with E-state index in [1.807, 2.05) is 35.6 Å². The number of pyridine rings is 1. The molecule has 0 saturated carbocycles. The number of morpholine rings is 1. The molecule has 164 valence electrons. The molecule has 0 aliphatic carbocycles. The highest BCUT2D eigenvalue weighted by Crippen LogP contribution is 2.30. The van der Waals surface area contributed by atoms with E-state index in [1.54, 1.807) is 0 Å². The number of nitrogens with one attached hydrogen (secondary N) is 1. The third kappa shape index (κ3) is 5.53. The number of ether oxygens (including phenoxy) is 1. The smallest absolute Gasteiger partial charge is 0.109 e. The molecule has 8 heteroatoms. The van der Waals surface area contributed by atoms with Crippen molar-refractivity contribution >= 4 is 62.6 Å². The fraction of sp³-hybridized carbons (Fsp3) is 0.391. The minimum Gasteiger partial charge on any atom is -0.379 e. The lowest BCUT2D eigenvalue weighted by Crippen LogP contribution is -2.35. The maximum Gasteiger partial charge on any atom is 0.109 e. The number of thiophene rings is 1. The van der Waals surface area contributed by atoms with Gasteiger partial charge in [0.1, 0.15) is 9.82 Å². The van der Waals surface area contributed by atoms with Gasteiger partial charge in [-0.05, 0) is 30.2 Å². The fourth-order valence-corrected chi connectivity index (χ4v) is 5.73. The highest BCUT2D eigenvalue weighted by atomic mass is 35.5. The average Bonchev–Trinajstić information content (AvgIpc) is 3.20.